The van der Waals surface area contributed by atoms with E-state index in [1.807, 2.05) is 18.2 Å². The van der Waals surface area contributed by atoms with Gasteiger partial charge in [-0.05, 0) is 49.9 Å². The van der Waals surface area contributed by atoms with Crippen LogP contribution in [0.4, 0.5) is 0 Å². The summed E-state index contributed by atoms with van der Waals surface area (Å²) in [6.07, 6.45) is 8.09. The first-order valence-corrected chi connectivity index (χ1v) is 6.83. The summed E-state index contributed by atoms with van der Waals surface area (Å²) in [5, 5.41) is 10.1. The molecule has 1 heterocycles. The van der Waals surface area contributed by atoms with Gasteiger partial charge in [0.1, 0.15) is 11.8 Å². The van der Waals surface area contributed by atoms with Crippen molar-refractivity contribution in [2.75, 3.05) is 0 Å². The molecule has 0 spiro atoms. The number of benzene rings is 1. The van der Waals surface area contributed by atoms with Gasteiger partial charge in [0.2, 0.25) is 0 Å². The van der Waals surface area contributed by atoms with Gasteiger partial charge in [-0.3, -0.25) is 4.98 Å². The molecule has 1 aliphatic carbocycles. The maximum absolute atomic E-state index is 9.12. The number of pyridine rings is 1. The lowest BCUT2D eigenvalue weighted by atomic mass is 9.97. The maximum atomic E-state index is 9.12. The van der Waals surface area contributed by atoms with Gasteiger partial charge in [-0.1, -0.05) is 6.42 Å². The largest absolute Gasteiger partial charge is 0.490 e. The summed E-state index contributed by atoms with van der Waals surface area (Å²) in [5.41, 5.74) is 1.34. The number of fused-ring (bicyclic) bond motifs is 1. The Bertz CT molecular complexity index is 624. The molecule has 0 radical (unpaired) electrons. The molecule has 0 bridgehead atoms. The minimum atomic E-state index is 0.310. The Morgan fingerprint density at radius 2 is 2.00 bits per heavy atom. The second-order valence-corrected chi connectivity index (χ2v) is 5.00. The fraction of sp³-hybridized carbons (Fsp3) is 0.375. The topological polar surface area (TPSA) is 45.9 Å². The van der Waals surface area contributed by atoms with Crippen LogP contribution >= 0.6 is 0 Å². The van der Waals surface area contributed by atoms with Crippen LogP contribution in [0.25, 0.3) is 10.9 Å². The van der Waals surface area contributed by atoms with Crippen molar-refractivity contribution < 1.29 is 4.74 Å². The minimum Gasteiger partial charge on any atom is -0.490 e. The van der Waals surface area contributed by atoms with Crippen LogP contribution in [0, 0.1) is 11.3 Å². The van der Waals surface area contributed by atoms with Gasteiger partial charge in [-0.25, -0.2) is 0 Å². The predicted molar refractivity (Wildman–Crippen MR) is 74.0 cm³/mol. The Kier molecular flexibility index (Phi) is 3.33. The van der Waals surface area contributed by atoms with Gasteiger partial charge in [0.05, 0.1) is 17.2 Å². The molecule has 0 N–H and O–H groups in total. The number of nitrogens with zero attached hydrogens (tertiary/aromatic N) is 2. The van der Waals surface area contributed by atoms with Gasteiger partial charge in [0, 0.05) is 11.6 Å². The molecule has 19 heavy (non-hydrogen) atoms. The van der Waals surface area contributed by atoms with Gasteiger partial charge >= 0.3 is 0 Å². The zero-order valence-corrected chi connectivity index (χ0v) is 10.8. The summed E-state index contributed by atoms with van der Waals surface area (Å²) >= 11 is 0. The van der Waals surface area contributed by atoms with Gasteiger partial charge in [-0.2, -0.15) is 5.26 Å². The number of rotatable bonds is 2. The molecular formula is C16H16N2O. The lowest BCUT2D eigenvalue weighted by Crippen LogP contribution is -2.19. The van der Waals surface area contributed by atoms with Crippen molar-refractivity contribution in [3.05, 3.63) is 36.0 Å². The molecule has 1 aromatic heterocycles. The predicted octanol–water partition coefficient (Wildman–Crippen LogP) is 3.82. The van der Waals surface area contributed by atoms with Crippen LogP contribution in [0.15, 0.2) is 30.5 Å². The highest BCUT2D eigenvalue weighted by atomic mass is 16.5. The van der Waals surface area contributed by atoms with E-state index in [9.17, 15) is 0 Å². The summed E-state index contributed by atoms with van der Waals surface area (Å²) in [5.74, 6) is 0.856. The van der Waals surface area contributed by atoms with Crippen LogP contribution in [0.2, 0.25) is 0 Å². The Morgan fingerprint density at radius 3 is 2.79 bits per heavy atom. The molecule has 1 fully saturated rings. The number of ether oxygens (including phenoxy) is 1. The van der Waals surface area contributed by atoms with Gasteiger partial charge in [-0.15, -0.1) is 0 Å². The van der Waals surface area contributed by atoms with Crippen molar-refractivity contribution in [1.82, 2.24) is 4.98 Å². The van der Waals surface area contributed by atoms with Crippen LogP contribution in [0.3, 0.4) is 0 Å². The molecule has 1 aliphatic rings. The second kappa shape index (κ2) is 5.27. The monoisotopic (exact) mass is 252 g/mol. The van der Waals surface area contributed by atoms with E-state index in [1.165, 1.54) is 19.3 Å². The van der Waals surface area contributed by atoms with Crippen LogP contribution in [0.5, 0.6) is 5.75 Å². The lowest BCUT2D eigenvalue weighted by Gasteiger charge is -2.23. The average molecular weight is 252 g/mol. The highest BCUT2D eigenvalue weighted by Crippen LogP contribution is 2.30. The SMILES string of the molecule is N#Cc1ccc(OC2CCCCC2)c2cccnc12. The zero-order valence-electron chi connectivity index (χ0n) is 10.8. The Labute approximate surface area is 112 Å². The quantitative estimate of drug-likeness (QED) is 0.816. The highest BCUT2D eigenvalue weighted by Gasteiger charge is 2.16. The molecule has 3 heteroatoms. The van der Waals surface area contributed by atoms with Gasteiger partial charge in [0.15, 0.2) is 0 Å². The minimum absolute atomic E-state index is 0.310. The standard InChI is InChI=1S/C16H16N2O/c17-11-12-8-9-15(14-7-4-10-18-16(12)14)19-13-5-2-1-3-6-13/h4,7-10,13H,1-3,5-6H2. The molecule has 0 unspecified atom stereocenters. The zero-order chi connectivity index (χ0) is 13.1. The van der Waals surface area contributed by atoms with Crippen molar-refractivity contribution in [2.45, 2.75) is 38.2 Å². The van der Waals surface area contributed by atoms with Crippen molar-refractivity contribution >= 4 is 10.9 Å². The fourth-order valence-corrected chi connectivity index (χ4v) is 2.70. The summed E-state index contributed by atoms with van der Waals surface area (Å²) < 4.78 is 6.12. The van der Waals surface area contributed by atoms with E-state index < -0.39 is 0 Å². The van der Waals surface area contributed by atoms with Crippen molar-refractivity contribution in [2.24, 2.45) is 0 Å². The van der Waals surface area contributed by atoms with Crippen molar-refractivity contribution in [1.29, 1.82) is 5.26 Å². The van der Waals surface area contributed by atoms with E-state index in [-0.39, 0.29) is 0 Å². The van der Waals surface area contributed by atoms with Crippen molar-refractivity contribution in [3.8, 4) is 11.8 Å². The lowest BCUT2D eigenvalue weighted by molar-refractivity contribution is 0.157. The van der Waals surface area contributed by atoms with E-state index >= 15 is 0 Å². The number of nitriles is 1. The molecule has 0 amide bonds. The third-order valence-corrected chi connectivity index (χ3v) is 3.70. The van der Waals surface area contributed by atoms with E-state index in [0.717, 1.165) is 29.5 Å². The number of aromatic nitrogens is 1. The summed E-state index contributed by atoms with van der Waals surface area (Å²) in [6, 6.07) is 9.74. The van der Waals surface area contributed by atoms with Crippen LogP contribution in [-0.2, 0) is 0 Å². The normalized spacial score (nSPS) is 16.2. The molecule has 1 saturated carbocycles. The molecular weight excluding hydrogens is 236 g/mol. The molecule has 0 saturated heterocycles. The van der Waals surface area contributed by atoms with Gasteiger partial charge < -0.3 is 4.74 Å². The Morgan fingerprint density at radius 1 is 1.16 bits per heavy atom. The van der Waals surface area contributed by atoms with Gasteiger partial charge in [0.25, 0.3) is 0 Å². The molecule has 2 aromatic rings. The third-order valence-electron chi connectivity index (χ3n) is 3.70. The highest BCUT2D eigenvalue weighted by molar-refractivity contribution is 5.89. The molecule has 0 atom stereocenters. The average Bonchev–Trinajstić information content (AvgIpc) is 2.49. The first kappa shape index (κ1) is 12.0. The molecule has 3 nitrogen and oxygen atoms in total. The third kappa shape index (κ3) is 2.39. The molecule has 0 aliphatic heterocycles. The maximum Gasteiger partial charge on any atom is 0.129 e. The summed E-state index contributed by atoms with van der Waals surface area (Å²) in [4.78, 5) is 4.30. The first-order valence-electron chi connectivity index (χ1n) is 6.83. The molecule has 3 rings (SSSR count). The van der Waals surface area contributed by atoms with Crippen LogP contribution in [0.1, 0.15) is 37.7 Å². The first-order chi connectivity index (χ1) is 9.38. The second-order valence-electron chi connectivity index (χ2n) is 5.00. The molecule has 96 valence electrons. The van der Waals surface area contributed by atoms with Crippen LogP contribution < -0.4 is 4.74 Å². The van der Waals surface area contributed by atoms with E-state index in [0.29, 0.717) is 11.7 Å². The van der Waals surface area contributed by atoms with Crippen LogP contribution in [-0.4, -0.2) is 11.1 Å². The van der Waals surface area contributed by atoms with E-state index in [1.54, 1.807) is 12.3 Å². The van der Waals surface area contributed by atoms with E-state index in [2.05, 4.69) is 11.1 Å². The Balaban J connectivity index is 1.97. The fourth-order valence-electron chi connectivity index (χ4n) is 2.70. The summed E-state index contributed by atoms with van der Waals surface area (Å²) in [7, 11) is 0. The Hall–Kier alpha value is -2.08. The molecule has 1 aromatic carbocycles. The number of hydrogen-bond donors (Lipinski definition) is 0. The summed E-state index contributed by atoms with van der Waals surface area (Å²) in [6.45, 7) is 0. The van der Waals surface area contributed by atoms with E-state index in [4.69, 9.17) is 10.00 Å². The number of hydrogen-bond acceptors (Lipinski definition) is 3. The smallest absolute Gasteiger partial charge is 0.129 e. The van der Waals surface area contributed by atoms with Crippen molar-refractivity contribution in [3.63, 3.8) is 0 Å².